The number of aliphatic hydroxyl groups is 1. The van der Waals surface area contributed by atoms with E-state index in [2.05, 4.69) is 14.2 Å². The summed E-state index contributed by atoms with van der Waals surface area (Å²) in [5, 5.41) is 26.1. The second-order valence-corrected chi connectivity index (χ2v) is 20.2. The van der Waals surface area contributed by atoms with Gasteiger partial charge in [-0.2, -0.15) is 0 Å². The number of carbonyl (C=O) groups is 8. The second-order valence-electron chi connectivity index (χ2n) is 20.2. The minimum atomic E-state index is -0.748. The van der Waals surface area contributed by atoms with Crippen molar-refractivity contribution < 1.29 is 196 Å². The largest absolute Gasteiger partial charge is 1.00 e. The molecule has 0 aliphatic heterocycles. The van der Waals surface area contributed by atoms with Gasteiger partial charge in [-0.05, 0) is 165 Å². The van der Waals surface area contributed by atoms with Crippen LogP contribution >= 0.6 is 0 Å². The minimum absolute atomic E-state index is 0. The molecular weight excluding hydrogens is 1080 g/mol. The molecule has 0 atom stereocenters. The number of alkyl halides is 1. The van der Waals surface area contributed by atoms with Gasteiger partial charge < -0.3 is 54.7 Å². The van der Waals surface area contributed by atoms with Crippen LogP contribution in [0.2, 0.25) is 0 Å². The predicted molar refractivity (Wildman–Crippen MR) is 250 cm³/mol. The summed E-state index contributed by atoms with van der Waals surface area (Å²) in [6.45, 7) is 16.4. The molecule has 408 valence electrons. The van der Waals surface area contributed by atoms with Gasteiger partial charge >= 0.3 is 157 Å². The van der Waals surface area contributed by atoms with Crippen molar-refractivity contribution in [3.8, 4) is 0 Å². The van der Waals surface area contributed by atoms with Crippen molar-refractivity contribution in [3.63, 3.8) is 0 Å². The quantitative estimate of drug-likeness (QED) is 0.0782. The summed E-state index contributed by atoms with van der Waals surface area (Å²) in [4.78, 5) is 91.5. The van der Waals surface area contributed by atoms with Crippen LogP contribution in [-0.2, 0) is 66.8 Å². The van der Waals surface area contributed by atoms with E-state index in [1.165, 1.54) is 28.4 Å². The predicted octanol–water partition coefficient (Wildman–Crippen LogP) is -1.95. The third kappa shape index (κ3) is 39.1. The van der Waals surface area contributed by atoms with E-state index in [-0.39, 0.29) is 197 Å². The number of esters is 6. The van der Waals surface area contributed by atoms with Crippen molar-refractivity contribution in [2.75, 3.05) is 33.4 Å². The van der Waals surface area contributed by atoms with Crippen LogP contribution in [0.3, 0.4) is 0 Å². The Hall–Kier alpha value is -0.994. The van der Waals surface area contributed by atoms with Crippen molar-refractivity contribution >= 4 is 47.8 Å². The summed E-state index contributed by atoms with van der Waals surface area (Å²) in [6.07, 6.45) is 10.7. The minimum Gasteiger partial charge on any atom is -0.870 e. The zero-order valence-corrected chi connectivity index (χ0v) is 53.0. The van der Waals surface area contributed by atoms with Gasteiger partial charge in [-0.25, -0.2) is 0 Å². The third-order valence-electron chi connectivity index (χ3n) is 11.2. The van der Waals surface area contributed by atoms with Gasteiger partial charge in [0.25, 0.3) is 0 Å². The fourth-order valence-electron chi connectivity index (χ4n) is 7.72. The molecule has 0 aromatic rings. The van der Waals surface area contributed by atoms with Crippen molar-refractivity contribution in [2.45, 2.75) is 182 Å². The van der Waals surface area contributed by atoms with Crippen molar-refractivity contribution in [2.24, 2.45) is 47.3 Å². The van der Waals surface area contributed by atoms with E-state index in [4.69, 9.17) is 30.1 Å². The summed E-state index contributed by atoms with van der Waals surface area (Å²) in [5.41, 5.74) is -1.39. The summed E-state index contributed by atoms with van der Waals surface area (Å²) in [5.74, 6) is -3.40. The van der Waals surface area contributed by atoms with Gasteiger partial charge in [-0.1, -0.05) is 0 Å². The van der Waals surface area contributed by atoms with E-state index in [9.17, 15) is 38.4 Å². The molecule has 22 heteroatoms. The molecule has 0 aromatic heterocycles. The molecule has 0 saturated heterocycles. The molecule has 5 N–H and O–H groups in total. The smallest absolute Gasteiger partial charge is 0.870 e. The van der Waals surface area contributed by atoms with Gasteiger partial charge in [0.15, 0.2) is 0 Å². The molecule has 4 rings (SSSR count). The van der Waals surface area contributed by atoms with Crippen LogP contribution in [0.25, 0.3) is 0 Å². The molecule has 0 amide bonds. The van der Waals surface area contributed by atoms with Crippen LogP contribution in [0.15, 0.2) is 0 Å². The SMILES string of the molecule is CC(C)(C)O.CC(C)(C)OC(=O)C1CCC(C(=O)O)CC1.COC(=O)C1CCC(C(=O)O)CC1.COC(=O)C1CCC(C(=O)OC(C)(C)C)CC1.COC(=O)C1CCC(C(=O)OC)CC1.[2H][I-]C.[K+].[Na+].[OH-].[OH-]. The first-order valence-electron chi connectivity index (χ1n) is 23.7. The van der Waals surface area contributed by atoms with Crippen molar-refractivity contribution in [1.82, 2.24) is 0 Å². The maximum atomic E-state index is 11.8. The number of ether oxygens (including phenoxy) is 6. The Morgan fingerprint density at radius 3 is 0.648 bits per heavy atom. The average molecular weight is 1170 g/mol. The van der Waals surface area contributed by atoms with Gasteiger partial charge in [0.1, 0.15) is 11.2 Å². The first kappa shape index (κ1) is 78.9. The molecule has 0 spiro atoms. The van der Waals surface area contributed by atoms with Gasteiger partial charge in [0.2, 0.25) is 0 Å². The Labute approximate surface area is 502 Å². The number of carbonyl (C=O) groups excluding carboxylic acids is 6. The van der Waals surface area contributed by atoms with E-state index in [1.807, 2.05) is 46.5 Å². The van der Waals surface area contributed by atoms with E-state index < -0.39 is 28.7 Å². The summed E-state index contributed by atoms with van der Waals surface area (Å²) >= 11 is -0.160. The van der Waals surface area contributed by atoms with Gasteiger partial charge in [-0.15, -0.1) is 0 Å². The number of halogens is 1. The fourth-order valence-corrected chi connectivity index (χ4v) is 7.72. The average Bonchev–Trinajstić information content (AvgIpc) is 3.27. The van der Waals surface area contributed by atoms with Crippen LogP contribution in [0.4, 0.5) is 0 Å². The Morgan fingerprint density at radius 2 is 0.535 bits per heavy atom. The molecule has 71 heavy (non-hydrogen) atoms. The molecule has 4 aliphatic rings. The Balaban J connectivity index is -0.000000189. The molecule has 0 radical (unpaired) electrons. The van der Waals surface area contributed by atoms with Crippen LogP contribution in [0, 0.1) is 47.3 Å². The van der Waals surface area contributed by atoms with E-state index in [0.29, 0.717) is 64.2 Å². The summed E-state index contributed by atoms with van der Waals surface area (Å²) < 4.78 is 35.6. The third-order valence-corrected chi connectivity index (χ3v) is 11.2. The van der Waals surface area contributed by atoms with Crippen molar-refractivity contribution in [3.05, 3.63) is 0 Å². The van der Waals surface area contributed by atoms with Gasteiger partial charge in [0, 0.05) is 0 Å². The van der Waals surface area contributed by atoms with Crippen LogP contribution in [-0.4, -0.2) is 125 Å². The molecule has 4 saturated carbocycles. The van der Waals surface area contributed by atoms with E-state index in [0.717, 1.165) is 38.5 Å². The number of hydrogen-bond donors (Lipinski definition) is 3. The zero-order valence-electron chi connectivity index (χ0n) is 46.8. The Bertz CT molecular complexity index is 1510. The number of aliphatic carboxylic acids is 2. The first-order valence-corrected chi connectivity index (χ1v) is 25.4. The summed E-state index contributed by atoms with van der Waals surface area (Å²) in [6, 6.07) is 0. The fraction of sp³-hybridized carbons (Fsp3) is 0.837. The number of carboxylic acids is 2. The number of hydrogen-bond acceptors (Lipinski definition) is 17. The van der Waals surface area contributed by atoms with Gasteiger partial charge in [-0.3, -0.25) is 38.4 Å². The maximum absolute atomic E-state index is 11.8. The first-order chi connectivity index (χ1) is 31.4. The molecule has 4 fully saturated rings. The zero-order chi connectivity index (χ0) is 53.0. The standard InChI is InChI=1S/C13H22O4.C12H20O4.C10H16O4.C9H14O4.C4H10O.CH4I.K.Na.2H2O/c1-13(2,3)17-12(15)10-7-5-9(6-8-10)11(14)16-4;1-12(2,3)16-11(15)9-6-4-8(5-7-9)10(13)14;1-13-9(11)7-3-5-8(6-4-7)10(12)14-2;1-13-9(12)7-4-2-6(3-5-7)8(10)11;1-4(2,3)5;1-2;;;;/h9-10H,5-8H2,1-4H3;8-9H,4-7H2,1-3H3,(H,13,14);7-8H,3-6H2,1-2H3;6-7H,2-5H2,1H3,(H,10,11);5H,1-3H3;2H,1H3;;;2*1H2/q;;;;;-1;2*+1;;/p-2/i;;;;;2D;;;;. The van der Waals surface area contributed by atoms with Crippen molar-refractivity contribution in [1.29, 1.82) is 0.594 Å². The summed E-state index contributed by atoms with van der Waals surface area (Å²) in [7, 11) is 5.57. The van der Waals surface area contributed by atoms with Crippen LogP contribution in [0.5, 0.6) is 0 Å². The van der Waals surface area contributed by atoms with Crippen LogP contribution in [0.1, 0.15) is 165 Å². The van der Waals surface area contributed by atoms with Crippen LogP contribution < -0.4 is 103 Å². The monoisotopic (exact) mass is 1170 g/mol. The topological polar surface area (TPSA) is 313 Å². The molecule has 0 unspecified atom stereocenters. The Morgan fingerprint density at radius 1 is 0.408 bits per heavy atom. The molecule has 0 heterocycles. The second kappa shape index (κ2) is 42.2. The Kier molecular flexibility index (Phi) is 46.8. The molecule has 0 aromatic carbocycles. The number of rotatable bonds is 8. The normalized spacial score (nSPS) is 23.5. The van der Waals surface area contributed by atoms with Gasteiger partial charge in [0.05, 0.1) is 81.4 Å². The molecule has 4 aliphatic carbocycles. The maximum Gasteiger partial charge on any atom is 1.00 e. The molecular formula is C49H88IKNaO19-. The van der Waals surface area contributed by atoms with E-state index >= 15 is 0 Å². The molecule has 0 bridgehead atoms. The van der Waals surface area contributed by atoms with E-state index in [1.54, 1.807) is 20.8 Å². The number of carboxylic acid groups (broad SMARTS) is 2. The molecule has 19 nitrogen and oxygen atoms in total. The number of methoxy groups -OCH3 is 4.